The number of piperidine rings is 1. The monoisotopic (exact) mass is 352 g/mol. The molecule has 0 saturated carbocycles. The number of likely N-dealkylation sites (tertiary alicyclic amines) is 1. The maximum absolute atomic E-state index is 13.8. The van der Waals surface area contributed by atoms with E-state index in [0.29, 0.717) is 24.9 Å². The number of nitrogens with zero attached hydrogens (tertiary/aromatic N) is 1. The molecule has 1 aliphatic heterocycles. The first-order valence-electron chi connectivity index (χ1n) is 8.74. The van der Waals surface area contributed by atoms with Crippen molar-refractivity contribution >= 4 is 11.8 Å². The zero-order valence-electron chi connectivity index (χ0n) is 15.2. The quantitative estimate of drug-likeness (QED) is 0.904. The molecule has 4 nitrogen and oxygen atoms in total. The summed E-state index contributed by atoms with van der Waals surface area (Å²) in [4.78, 5) is 27.0. The fraction of sp³-hybridized carbons (Fsp3) is 0.579. The lowest BCUT2D eigenvalue weighted by molar-refractivity contribution is -0.137. The van der Waals surface area contributed by atoms with Crippen LogP contribution in [0.4, 0.5) is 8.78 Å². The van der Waals surface area contributed by atoms with Gasteiger partial charge in [0.15, 0.2) is 0 Å². The van der Waals surface area contributed by atoms with Gasteiger partial charge in [-0.3, -0.25) is 9.59 Å². The molecule has 25 heavy (non-hydrogen) atoms. The van der Waals surface area contributed by atoms with E-state index in [4.69, 9.17) is 0 Å². The van der Waals surface area contributed by atoms with Gasteiger partial charge in [-0.05, 0) is 36.3 Å². The van der Waals surface area contributed by atoms with E-state index < -0.39 is 29.1 Å². The molecule has 1 heterocycles. The number of carbonyl (C=O) groups excluding carboxylic acids is 2. The second kappa shape index (κ2) is 7.93. The fourth-order valence-electron chi connectivity index (χ4n) is 3.48. The van der Waals surface area contributed by atoms with Crippen molar-refractivity contribution in [2.45, 2.75) is 40.2 Å². The van der Waals surface area contributed by atoms with Crippen LogP contribution in [0.3, 0.4) is 0 Å². The second-order valence-corrected chi connectivity index (χ2v) is 7.48. The van der Waals surface area contributed by atoms with Gasteiger partial charge in [0, 0.05) is 13.1 Å². The Bertz CT molecular complexity index is 618. The van der Waals surface area contributed by atoms with E-state index in [2.05, 4.69) is 19.2 Å². The SMILES string of the molecule is CC1CC(C)CN(C(=O)C(NC(=O)c2c(F)cccc2F)C(C)C)C1. The Morgan fingerprint density at radius 3 is 2.12 bits per heavy atom. The van der Waals surface area contributed by atoms with Crippen LogP contribution >= 0.6 is 0 Å². The smallest absolute Gasteiger partial charge is 0.257 e. The van der Waals surface area contributed by atoms with Gasteiger partial charge < -0.3 is 10.2 Å². The van der Waals surface area contributed by atoms with Crippen molar-refractivity contribution in [2.75, 3.05) is 13.1 Å². The summed E-state index contributed by atoms with van der Waals surface area (Å²) in [6, 6.07) is 2.43. The summed E-state index contributed by atoms with van der Waals surface area (Å²) in [7, 11) is 0. The first-order valence-corrected chi connectivity index (χ1v) is 8.74. The molecular formula is C19H26F2N2O2. The lowest BCUT2D eigenvalue weighted by atomic mass is 9.90. The van der Waals surface area contributed by atoms with E-state index in [1.165, 1.54) is 6.07 Å². The van der Waals surface area contributed by atoms with Crippen molar-refractivity contribution in [3.63, 3.8) is 0 Å². The van der Waals surface area contributed by atoms with Crippen LogP contribution in [-0.4, -0.2) is 35.8 Å². The first kappa shape index (κ1) is 19.3. The minimum absolute atomic E-state index is 0.196. The highest BCUT2D eigenvalue weighted by atomic mass is 19.1. The predicted octanol–water partition coefficient (Wildman–Crippen LogP) is 3.22. The summed E-state index contributed by atoms with van der Waals surface area (Å²) >= 11 is 0. The molecule has 2 rings (SSSR count). The van der Waals surface area contributed by atoms with Gasteiger partial charge >= 0.3 is 0 Å². The summed E-state index contributed by atoms with van der Waals surface area (Å²) < 4.78 is 27.6. The van der Waals surface area contributed by atoms with Gasteiger partial charge in [0.05, 0.1) is 0 Å². The first-order chi connectivity index (χ1) is 11.7. The van der Waals surface area contributed by atoms with Crippen molar-refractivity contribution in [1.82, 2.24) is 10.2 Å². The van der Waals surface area contributed by atoms with Gasteiger partial charge in [-0.25, -0.2) is 8.78 Å². The Labute approximate surface area is 147 Å². The minimum Gasteiger partial charge on any atom is -0.340 e. The van der Waals surface area contributed by atoms with Crippen molar-refractivity contribution in [3.05, 3.63) is 35.4 Å². The van der Waals surface area contributed by atoms with Crippen LogP contribution in [0.1, 0.15) is 44.5 Å². The summed E-state index contributed by atoms with van der Waals surface area (Å²) in [5, 5.41) is 2.53. The number of rotatable bonds is 4. The second-order valence-electron chi connectivity index (χ2n) is 7.48. The molecule has 1 aromatic carbocycles. The highest BCUT2D eigenvalue weighted by Crippen LogP contribution is 2.22. The molecule has 0 radical (unpaired) electrons. The van der Waals surface area contributed by atoms with Gasteiger partial charge in [0.2, 0.25) is 5.91 Å². The number of benzene rings is 1. The molecule has 1 saturated heterocycles. The van der Waals surface area contributed by atoms with E-state index in [1.54, 1.807) is 18.7 Å². The van der Waals surface area contributed by atoms with E-state index in [9.17, 15) is 18.4 Å². The molecule has 3 unspecified atom stereocenters. The van der Waals surface area contributed by atoms with Crippen molar-refractivity contribution < 1.29 is 18.4 Å². The highest BCUT2D eigenvalue weighted by molar-refractivity contribution is 5.98. The third-order valence-electron chi connectivity index (χ3n) is 4.59. The molecule has 1 fully saturated rings. The van der Waals surface area contributed by atoms with Crippen LogP contribution in [0.25, 0.3) is 0 Å². The van der Waals surface area contributed by atoms with E-state index in [-0.39, 0.29) is 11.8 Å². The van der Waals surface area contributed by atoms with Crippen LogP contribution in [0.15, 0.2) is 18.2 Å². The van der Waals surface area contributed by atoms with Crippen molar-refractivity contribution in [1.29, 1.82) is 0 Å². The third-order valence-corrected chi connectivity index (χ3v) is 4.59. The molecular weight excluding hydrogens is 326 g/mol. The predicted molar refractivity (Wildman–Crippen MR) is 92.0 cm³/mol. The number of nitrogens with one attached hydrogen (secondary N) is 1. The molecule has 1 N–H and O–H groups in total. The number of carbonyl (C=O) groups is 2. The lowest BCUT2D eigenvalue weighted by Crippen LogP contribution is -2.54. The van der Waals surface area contributed by atoms with E-state index in [0.717, 1.165) is 18.6 Å². The highest BCUT2D eigenvalue weighted by Gasteiger charge is 2.33. The lowest BCUT2D eigenvalue weighted by Gasteiger charge is -2.37. The fourth-order valence-corrected chi connectivity index (χ4v) is 3.48. The number of hydrogen-bond donors (Lipinski definition) is 1. The molecule has 0 aromatic heterocycles. The van der Waals surface area contributed by atoms with Crippen LogP contribution in [0.5, 0.6) is 0 Å². The van der Waals surface area contributed by atoms with Crippen molar-refractivity contribution in [2.24, 2.45) is 17.8 Å². The third kappa shape index (κ3) is 4.55. The maximum atomic E-state index is 13.8. The number of hydrogen-bond acceptors (Lipinski definition) is 2. The molecule has 138 valence electrons. The molecule has 2 amide bonds. The topological polar surface area (TPSA) is 49.4 Å². The number of halogens is 2. The Morgan fingerprint density at radius 2 is 1.64 bits per heavy atom. The number of amides is 2. The Kier molecular flexibility index (Phi) is 6.14. The standard InChI is InChI=1S/C19H26F2N2O2/c1-11(2)17(19(25)23-9-12(3)8-13(4)10-23)22-18(24)16-14(20)6-5-7-15(16)21/h5-7,11-13,17H,8-10H2,1-4H3,(H,22,24). The Balaban J connectivity index is 2.18. The van der Waals surface area contributed by atoms with Crippen molar-refractivity contribution in [3.8, 4) is 0 Å². The summed E-state index contributed by atoms with van der Waals surface area (Å²) in [6.45, 7) is 9.06. The maximum Gasteiger partial charge on any atom is 0.257 e. The molecule has 1 aromatic rings. The van der Waals surface area contributed by atoms with Crippen LogP contribution in [-0.2, 0) is 4.79 Å². The zero-order valence-corrected chi connectivity index (χ0v) is 15.2. The molecule has 0 spiro atoms. The van der Waals surface area contributed by atoms with E-state index >= 15 is 0 Å². The van der Waals surface area contributed by atoms with Gasteiger partial charge in [0.25, 0.3) is 5.91 Å². The van der Waals surface area contributed by atoms with Gasteiger partial charge in [-0.2, -0.15) is 0 Å². The van der Waals surface area contributed by atoms with Gasteiger partial charge in [-0.1, -0.05) is 33.8 Å². The zero-order chi connectivity index (χ0) is 18.7. The Morgan fingerprint density at radius 1 is 1.12 bits per heavy atom. The van der Waals surface area contributed by atoms with Gasteiger partial charge in [0.1, 0.15) is 23.2 Å². The van der Waals surface area contributed by atoms with Gasteiger partial charge in [-0.15, -0.1) is 0 Å². The normalized spacial score (nSPS) is 22.0. The minimum atomic E-state index is -0.937. The van der Waals surface area contributed by atoms with Crippen LogP contribution in [0, 0.1) is 29.4 Å². The summed E-state index contributed by atoms with van der Waals surface area (Å²) in [5.41, 5.74) is -0.652. The Hall–Kier alpha value is -1.98. The molecule has 6 heteroatoms. The largest absolute Gasteiger partial charge is 0.340 e. The molecule has 1 aliphatic rings. The van der Waals surface area contributed by atoms with Crippen LogP contribution in [0.2, 0.25) is 0 Å². The van der Waals surface area contributed by atoms with Crippen LogP contribution < -0.4 is 5.32 Å². The molecule has 0 bridgehead atoms. The average Bonchev–Trinajstić information content (AvgIpc) is 2.50. The molecule has 0 aliphatic carbocycles. The molecule has 3 atom stereocenters. The average molecular weight is 352 g/mol. The summed E-state index contributed by atoms with van der Waals surface area (Å²) in [5.74, 6) is -2.39. The van der Waals surface area contributed by atoms with E-state index in [1.807, 2.05) is 0 Å². The summed E-state index contributed by atoms with van der Waals surface area (Å²) in [6.07, 6.45) is 1.06.